The third-order valence-corrected chi connectivity index (χ3v) is 7.79. The molecule has 208 valence electrons. The summed E-state index contributed by atoms with van der Waals surface area (Å²) in [6.45, 7) is 3.25. The Balaban J connectivity index is 1.67. The van der Waals surface area contributed by atoms with Gasteiger partial charge in [-0.25, -0.2) is 0 Å². The van der Waals surface area contributed by atoms with Crippen LogP contribution in [0, 0.1) is 5.92 Å². The van der Waals surface area contributed by atoms with Crippen LogP contribution in [0.15, 0.2) is 48.5 Å². The van der Waals surface area contributed by atoms with Gasteiger partial charge >= 0.3 is 12.1 Å². The minimum atomic E-state index is -4.43. The van der Waals surface area contributed by atoms with Gasteiger partial charge in [0.25, 0.3) is 0 Å². The van der Waals surface area contributed by atoms with Crippen LogP contribution < -0.4 is 14.4 Å². The summed E-state index contributed by atoms with van der Waals surface area (Å²) < 4.78 is 54.8. The van der Waals surface area contributed by atoms with Crippen LogP contribution in [0.3, 0.4) is 0 Å². The number of carbonyl (C=O) groups is 1. The minimum absolute atomic E-state index is 0.0991. The van der Waals surface area contributed by atoms with Crippen molar-refractivity contribution in [3.8, 4) is 11.5 Å². The number of anilines is 1. The first kappa shape index (κ1) is 28.1. The van der Waals surface area contributed by atoms with Crippen LogP contribution in [0.5, 0.6) is 11.5 Å². The van der Waals surface area contributed by atoms with Crippen molar-refractivity contribution >= 4 is 11.7 Å². The lowest BCUT2D eigenvalue weighted by atomic mass is 9.71. The number of carboxylic acids is 1. The lowest BCUT2D eigenvalue weighted by molar-refractivity contribution is -0.186. The molecule has 1 heterocycles. The molecule has 2 aliphatic rings. The predicted octanol–water partition coefficient (Wildman–Crippen LogP) is 6.10. The zero-order valence-electron chi connectivity index (χ0n) is 21.9. The van der Waals surface area contributed by atoms with Gasteiger partial charge < -0.3 is 19.5 Å². The van der Waals surface area contributed by atoms with Crippen LogP contribution in [0.2, 0.25) is 0 Å². The number of halogens is 3. The number of alkyl halides is 3. The monoisotopic (exact) mass is 534 g/mol. The minimum Gasteiger partial charge on any atom is -0.495 e. The van der Waals surface area contributed by atoms with Gasteiger partial charge in [-0.3, -0.25) is 9.69 Å². The normalized spacial score (nSPS) is 19.1. The zero-order valence-corrected chi connectivity index (χ0v) is 21.9. The Kier molecular flexibility index (Phi) is 9.07. The maximum Gasteiger partial charge on any atom is 0.393 e. The van der Waals surface area contributed by atoms with Gasteiger partial charge in [0.1, 0.15) is 17.1 Å². The molecule has 38 heavy (non-hydrogen) atoms. The summed E-state index contributed by atoms with van der Waals surface area (Å²) in [4.78, 5) is 15.2. The molecule has 1 atom stereocenters. The highest BCUT2D eigenvalue weighted by molar-refractivity contribution is 5.67. The van der Waals surface area contributed by atoms with Crippen molar-refractivity contribution in [3.63, 3.8) is 0 Å². The molecule has 0 aromatic heterocycles. The second-order valence-corrected chi connectivity index (χ2v) is 10.3. The van der Waals surface area contributed by atoms with Crippen molar-refractivity contribution in [1.82, 2.24) is 4.90 Å². The Morgan fingerprint density at radius 3 is 2.29 bits per heavy atom. The van der Waals surface area contributed by atoms with Gasteiger partial charge in [-0.05, 0) is 42.7 Å². The van der Waals surface area contributed by atoms with E-state index >= 15 is 0 Å². The summed E-state index contributed by atoms with van der Waals surface area (Å²) >= 11 is 0. The van der Waals surface area contributed by atoms with Crippen LogP contribution in [-0.4, -0.2) is 62.0 Å². The molecule has 2 aromatic carbocycles. The third kappa shape index (κ3) is 6.92. The largest absolute Gasteiger partial charge is 0.495 e. The molecule has 9 heteroatoms. The highest BCUT2D eigenvalue weighted by atomic mass is 19.4. The van der Waals surface area contributed by atoms with Crippen molar-refractivity contribution in [2.45, 2.75) is 56.7 Å². The van der Waals surface area contributed by atoms with E-state index < -0.39 is 24.2 Å². The average Bonchev–Trinajstić information content (AvgIpc) is 2.92. The third-order valence-electron chi connectivity index (χ3n) is 7.79. The van der Waals surface area contributed by atoms with Gasteiger partial charge in [-0.2, -0.15) is 13.2 Å². The molecule has 0 bridgehead atoms. The van der Waals surface area contributed by atoms with Crippen molar-refractivity contribution in [2.75, 3.05) is 44.7 Å². The SMILES string of the molecule is COc1cc(C(CC(F)(F)F)(Oc2ccccc2)C2CCCCC2)ccc1N1CCN(CCC(=O)O)CC1. The maximum atomic E-state index is 14.2. The fourth-order valence-corrected chi connectivity index (χ4v) is 5.89. The summed E-state index contributed by atoms with van der Waals surface area (Å²) in [7, 11) is 1.54. The number of methoxy groups -OCH3 is 1. The van der Waals surface area contributed by atoms with Gasteiger partial charge in [-0.1, -0.05) is 43.5 Å². The molecule has 6 nitrogen and oxygen atoms in total. The van der Waals surface area contributed by atoms with Crippen molar-refractivity contribution < 1.29 is 32.5 Å². The van der Waals surface area contributed by atoms with Crippen molar-refractivity contribution in [3.05, 3.63) is 54.1 Å². The lowest BCUT2D eigenvalue weighted by Crippen LogP contribution is -2.47. The summed E-state index contributed by atoms with van der Waals surface area (Å²) in [5, 5.41) is 8.96. The highest BCUT2D eigenvalue weighted by Gasteiger charge is 2.51. The number of aliphatic carboxylic acids is 1. The number of rotatable bonds is 10. The number of hydrogen-bond donors (Lipinski definition) is 1. The van der Waals surface area contributed by atoms with Gasteiger partial charge in [0.15, 0.2) is 0 Å². The molecule has 0 radical (unpaired) electrons. The topological polar surface area (TPSA) is 62.2 Å². The Morgan fingerprint density at radius 1 is 1.00 bits per heavy atom. The molecule has 1 aliphatic heterocycles. The summed E-state index contributed by atoms with van der Waals surface area (Å²) in [5.74, 6) is -0.169. The van der Waals surface area contributed by atoms with Crippen LogP contribution in [0.1, 0.15) is 50.5 Å². The Hall–Kier alpha value is -2.94. The van der Waals surface area contributed by atoms with Gasteiger partial charge in [-0.15, -0.1) is 0 Å². The molecule has 0 spiro atoms. The average molecular weight is 535 g/mol. The summed E-state index contributed by atoms with van der Waals surface area (Å²) in [5.41, 5.74) is -0.272. The van der Waals surface area contributed by atoms with Crippen LogP contribution in [0.4, 0.5) is 18.9 Å². The number of benzene rings is 2. The van der Waals surface area contributed by atoms with E-state index in [1.807, 2.05) is 12.1 Å². The van der Waals surface area contributed by atoms with E-state index in [-0.39, 0.29) is 12.3 Å². The van der Waals surface area contributed by atoms with E-state index in [9.17, 15) is 18.0 Å². The number of hydrogen-bond acceptors (Lipinski definition) is 5. The molecule has 2 aromatic rings. The molecule has 4 rings (SSSR count). The number of para-hydroxylation sites is 1. The van der Waals surface area contributed by atoms with Crippen LogP contribution in [-0.2, 0) is 10.4 Å². The van der Waals surface area contributed by atoms with Crippen LogP contribution >= 0.6 is 0 Å². The van der Waals surface area contributed by atoms with Crippen LogP contribution in [0.25, 0.3) is 0 Å². The van der Waals surface area contributed by atoms with E-state index in [1.165, 1.54) is 7.11 Å². The van der Waals surface area contributed by atoms with E-state index in [1.54, 1.807) is 36.4 Å². The van der Waals surface area contributed by atoms with Crippen molar-refractivity contribution in [1.29, 1.82) is 0 Å². The standard InChI is InChI=1S/C29H37F3N2O4/c1-37-26-20-23(12-13-25(26)34-18-16-33(17-19-34)15-14-27(35)36)28(21-29(30,31)32,22-8-4-2-5-9-22)38-24-10-6-3-7-11-24/h3,6-7,10-13,20,22H,2,4-5,8-9,14-19,21H2,1H3,(H,35,36). The van der Waals surface area contributed by atoms with E-state index in [0.29, 0.717) is 62.6 Å². The molecule has 2 fully saturated rings. The number of nitrogens with zero attached hydrogens (tertiary/aromatic N) is 2. The predicted molar refractivity (Wildman–Crippen MR) is 140 cm³/mol. The quantitative estimate of drug-likeness (QED) is 0.398. The molecule has 1 unspecified atom stereocenters. The van der Waals surface area contributed by atoms with E-state index in [0.717, 1.165) is 24.9 Å². The number of carboxylic acid groups (broad SMARTS) is 1. The first-order chi connectivity index (χ1) is 18.2. The fourth-order valence-electron chi connectivity index (χ4n) is 5.89. The van der Waals surface area contributed by atoms with E-state index in [4.69, 9.17) is 14.6 Å². The van der Waals surface area contributed by atoms with E-state index in [2.05, 4.69) is 9.80 Å². The molecule has 1 aliphatic carbocycles. The lowest BCUT2D eigenvalue weighted by Gasteiger charge is -2.44. The molecular formula is C29H37F3N2O4. The highest BCUT2D eigenvalue weighted by Crippen LogP contribution is 2.50. The first-order valence-corrected chi connectivity index (χ1v) is 13.4. The van der Waals surface area contributed by atoms with Gasteiger partial charge in [0, 0.05) is 38.6 Å². The Bertz CT molecular complexity index is 1050. The second-order valence-electron chi connectivity index (χ2n) is 10.3. The van der Waals surface area contributed by atoms with Gasteiger partial charge in [0.2, 0.25) is 0 Å². The second kappa shape index (κ2) is 12.3. The molecule has 0 amide bonds. The molecular weight excluding hydrogens is 497 g/mol. The Labute approximate surface area is 222 Å². The number of piperazine rings is 1. The fraction of sp³-hybridized carbons (Fsp3) is 0.552. The maximum absolute atomic E-state index is 14.2. The number of ether oxygens (including phenoxy) is 2. The molecule has 1 saturated heterocycles. The summed E-state index contributed by atoms with van der Waals surface area (Å²) in [6.07, 6.45) is -1.29. The van der Waals surface area contributed by atoms with Crippen molar-refractivity contribution in [2.24, 2.45) is 5.92 Å². The molecule has 1 N–H and O–H groups in total. The summed E-state index contributed by atoms with van der Waals surface area (Å²) in [6, 6.07) is 14.1. The first-order valence-electron chi connectivity index (χ1n) is 13.4. The van der Waals surface area contributed by atoms with Gasteiger partial charge in [0.05, 0.1) is 25.6 Å². The Morgan fingerprint density at radius 2 is 1.68 bits per heavy atom. The molecule has 1 saturated carbocycles. The zero-order chi connectivity index (χ0) is 27.2. The smallest absolute Gasteiger partial charge is 0.393 e.